The maximum Gasteiger partial charge on any atom is 0.251 e. The number of aromatic nitrogens is 1. The Morgan fingerprint density at radius 1 is 1.47 bits per heavy atom. The summed E-state index contributed by atoms with van der Waals surface area (Å²) in [6.07, 6.45) is 1.66. The van der Waals surface area contributed by atoms with Crippen molar-refractivity contribution in [2.75, 3.05) is 12.3 Å². The zero-order valence-corrected chi connectivity index (χ0v) is 13.4. The van der Waals surface area contributed by atoms with Crippen LogP contribution in [0, 0.1) is 0 Å². The molecule has 4 nitrogen and oxygen atoms in total. The molecule has 1 aliphatic rings. The molecule has 0 unspecified atom stereocenters. The Morgan fingerprint density at radius 3 is 2.95 bits per heavy atom. The van der Waals surface area contributed by atoms with E-state index in [9.17, 15) is 9.59 Å². The fourth-order valence-corrected chi connectivity index (χ4v) is 3.63. The molecule has 2 rings (SSSR count). The number of rotatable bonds is 2. The summed E-state index contributed by atoms with van der Waals surface area (Å²) < 4.78 is 2.25. The zero-order valence-electron chi connectivity index (χ0n) is 11.0. The van der Waals surface area contributed by atoms with E-state index in [1.54, 1.807) is 12.3 Å². The lowest BCUT2D eigenvalue weighted by Crippen LogP contribution is -2.49. The fourth-order valence-electron chi connectivity index (χ4n) is 2.15. The Kier molecular flexibility index (Phi) is 4.73. The van der Waals surface area contributed by atoms with Gasteiger partial charge < -0.3 is 9.47 Å². The first-order valence-electron chi connectivity index (χ1n) is 6.26. The number of halogens is 1. The van der Waals surface area contributed by atoms with Crippen LogP contribution in [0.1, 0.15) is 13.8 Å². The zero-order chi connectivity index (χ0) is 14.0. The summed E-state index contributed by atoms with van der Waals surface area (Å²) in [7, 11) is 0. The SMILES string of the molecule is C[C@H]1SCCN(C(=O)Cn2cc(Br)ccc2=O)[C@H]1C. The summed E-state index contributed by atoms with van der Waals surface area (Å²) in [4.78, 5) is 25.9. The molecule has 0 aliphatic carbocycles. The number of amides is 1. The van der Waals surface area contributed by atoms with Gasteiger partial charge in [-0.2, -0.15) is 11.8 Å². The molecule has 0 aromatic carbocycles. The minimum Gasteiger partial charge on any atom is -0.337 e. The Labute approximate surface area is 125 Å². The molecule has 1 aromatic rings. The quantitative estimate of drug-likeness (QED) is 0.823. The molecule has 2 heterocycles. The summed E-state index contributed by atoms with van der Waals surface area (Å²) in [5.74, 6) is 0.977. The number of hydrogen-bond donors (Lipinski definition) is 0. The highest BCUT2D eigenvalue weighted by Gasteiger charge is 2.28. The van der Waals surface area contributed by atoms with E-state index >= 15 is 0 Å². The van der Waals surface area contributed by atoms with Crippen LogP contribution in [0.4, 0.5) is 0 Å². The second-order valence-electron chi connectivity index (χ2n) is 4.72. The Bertz CT molecular complexity index is 532. The van der Waals surface area contributed by atoms with Gasteiger partial charge in [0.2, 0.25) is 5.91 Å². The number of pyridine rings is 1. The Hall–Kier alpha value is -0.750. The molecular weight excluding hydrogens is 328 g/mol. The maximum atomic E-state index is 12.3. The van der Waals surface area contributed by atoms with Crippen molar-refractivity contribution in [1.29, 1.82) is 0 Å². The number of nitrogens with zero attached hydrogens (tertiary/aromatic N) is 2. The van der Waals surface area contributed by atoms with Gasteiger partial charge in [-0.15, -0.1) is 0 Å². The smallest absolute Gasteiger partial charge is 0.251 e. The third kappa shape index (κ3) is 3.42. The first kappa shape index (κ1) is 14.7. The summed E-state index contributed by atoms with van der Waals surface area (Å²) in [5, 5.41) is 0.442. The van der Waals surface area contributed by atoms with Crippen LogP contribution in [-0.2, 0) is 11.3 Å². The second kappa shape index (κ2) is 6.13. The lowest BCUT2D eigenvalue weighted by atomic mass is 10.2. The van der Waals surface area contributed by atoms with Gasteiger partial charge >= 0.3 is 0 Å². The number of thioether (sulfide) groups is 1. The molecule has 1 saturated heterocycles. The highest BCUT2D eigenvalue weighted by Crippen LogP contribution is 2.24. The molecule has 1 aromatic heterocycles. The Balaban J connectivity index is 2.12. The van der Waals surface area contributed by atoms with Crippen LogP contribution in [0.5, 0.6) is 0 Å². The molecule has 6 heteroatoms. The van der Waals surface area contributed by atoms with Gasteiger partial charge in [0.15, 0.2) is 0 Å². The lowest BCUT2D eigenvalue weighted by molar-refractivity contribution is -0.133. The minimum atomic E-state index is -0.149. The maximum absolute atomic E-state index is 12.3. The molecule has 2 atom stereocenters. The van der Waals surface area contributed by atoms with Crippen LogP contribution >= 0.6 is 27.7 Å². The van der Waals surface area contributed by atoms with Gasteiger partial charge in [-0.25, -0.2) is 0 Å². The predicted octanol–water partition coefficient (Wildman–Crippen LogP) is 1.96. The fraction of sp³-hybridized carbons (Fsp3) is 0.538. The van der Waals surface area contributed by atoms with Crippen molar-refractivity contribution in [3.8, 4) is 0 Å². The van der Waals surface area contributed by atoms with Gasteiger partial charge in [0.25, 0.3) is 5.56 Å². The first-order valence-corrected chi connectivity index (χ1v) is 8.10. The van der Waals surface area contributed by atoms with E-state index < -0.39 is 0 Å². The van der Waals surface area contributed by atoms with E-state index in [0.29, 0.717) is 5.25 Å². The van der Waals surface area contributed by atoms with E-state index in [-0.39, 0.29) is 24.1 Å². The Morgan fingerprint density at radius 2 is 2.21 bits per heavy atom. The highest BCUT2D eigenvalue weighted by molar-refractivity contribution is 9.10. The molecule has 1 amide bonds. The van der Waals surface area contributed by atoms with Crippen LogP contribution < -0.4 is 5.56 Å². The van der Waals surface area contributed by atoms with E-state index in [4.69, 9.17) is 0 Å². The van der Waals surface area contributed by atoms with E-state index in [1.807, 2.05) is 16.7 Å². The molecule has 0 bridgehead atoms. The number of carbonyl (C=O) groups excluding carboxylic acids is 1. The van der Waals surface area contributed by atoms with E-state index in [2.05, 4.69) is 29.8 Å². The van der Waals surface area contributed by atoms with Crippen molar-refractivity contribution >= 4 is 33.6 Å². The van der Waals surface area contributed by atoms with Gasteiger partial charge in [-0.3, -0.25) is 9.59 Å². The second-order valence-corrected chi connectivity index (χ2v) is 7.12. The van der Waals surface area contributed by atoms with E-state index in [0.717, 1.165) is 16.8 Å². The van der Waals surface area contributed by atoms with Crippen LogP contribution in [0.3, 0.4) is 0 Å². The number of hydrogen-bond acceptors (Lipinski definition) is 3. The largest absolute Gasteiger partial charge is 0.337 e. The third-order valence-electron chi connectivity index (χ3n) is 3.46. The molecule has 0 N–H and O–H groups in total. The highest BCUT2D eigenvalue weighted by atomic mass is 79.9. The molecule has 1 fully saturated rings. The standard InChI is InChI=1S/C13H17BrN2O2S/c1-9-10(2)19-6-5-16(9)13(18)8-15-7-11(14)3-4-12(15)17/h3-4,7,9-10H,5-6,8H2,1-2H3/t9-,10+/m0/s1. The van der Waals surface area contributed by atoms with Crippen LogP contribution in [-0.4, -0.2) is 39.0 Å². The van der Waals surface area contributed by atoms with Crippen molar-refractivity contribution in [2.24, 2.45) is 0 Å². The first-order chi connectivity index (χ1) is 8.99. The van der Waals surface area contributed by atoms with Gasteiger partial charge in [-0.1, -0.05) is 6.92 Å². The molecule has 0 saturated carbocycles. The van der Waals surface area contributed by atoms with Gasteiger partial charge in [0.1, 0.15) is 6.54 Å². The normalized spacial score (nSPS) is 23.4. The average molecular weight is 345 g/mol. The summed E-state index contributed by atoms with van der Waals surface area (Å²) >= 11 is 5.21. The molecular formula is C13H17BrN2O2S. The van der Waals surface area contributed by atoms with Gasteiger partial charge in [0, 0.05) is 40.3 Å². The van der Waals surface area contributed by atoms with Crippen LogP contribution in [0.25, 0.3) is 0 Å². The average Bonchev–Trinajstić information content (AvgIpc) is 2.37. The minimum absolute atomic E-state index is 0.0138. The van der Waals surface area contributed by atoms with Crippen molar-refractivity contribution < 1.29 is 4.79 Å². The van der Waals surface area contributed by atoms with Crippen molar-refractivity contribution in [2.45, 2.75) is 31.7 Å². The summed E-state index contributed by atoms with van der Waals surface area (Å²) in [6, 6.07) is 3.37. The van der Waals surface area contributed by atoms with Gasteiger partial charge in [-0.05, 0) is 28.9 Å². The molecule has 1 aliphatic heterocycles. The third-order valence-corrected chi connectivity index (χ3v) is 5.26. The summed E-state index contributed by atoms with van der Waals surface area (Å²) in [5.41, 5.74) is -0.149. The molecule has 0 radical (unpaired) electrons. The van der Waals surface area contributed by atoms with Gasteiger partial charge in [0.05, 0.1) is 0 Å². The predicted molar refractivity (Wildman–Crippen MR) is 81.5 cm³/mol. The molecule has 0 spiro atoms. The van der Waals surface area contributed by atoms with Crippen LogP contribution in [0.15, 0.2) is 27.6 Å². The van der Waals surface area contributed by atoms with Crippen molar-refractivity contribution in [1.82, 2.24) is 9.47 Å². The topological polar surface area (TPSA) is 42.3 Å². The van der Waals surface area contributed by atoms with Crippen molar-refractivity contribution in [3.05, 3.63) is 33.2 Å². The molecule has 19 heavy (non-hydrogen) atoms. The number of carbonyl (C=O) groups is 1. The molecule has 104 valence electrons. The van der Waals surface area contributed by atoms with Crippen LogP contribution in [0.2, 0.25) is 0 Å². The van der Waals surface area contributed by atoms with E-state index in [1.165, 1.54) is 10.6 Å². The monoisotopic (exact) mass is 344 g/mol. The lowest BCUT2D eigenvalue weighted by Gasteiger charge is -2.37. The van der Waals surface area contributed by atoms with Crippen molar-refractivity contribution in [3.63, 3.8) is 0 Å². The summed E-state index contributed by atoms with van der Waals surface area (Å²) in [6.45, 7) is 5.08.